The highest BCUT2D eigenvalue weighted by Gasteiger charge is 2.35. The fraction of sp³-hybridized carbons (Fsp3) is 0.467. The Morgan fingerprint density at radius 1 is 1.00 bits per heavy atom. The average molecular weight is 497 g/mol. The Labute approximate surface area is 217 Å². The number of tetrazole rings is 1. The lowest BCUT2D eigenvalue weighted by Crippen LogP contribution is -2.41. The molecule has 2 fully saturated rings. The van der Waals surface area contributed by atoms with Crippen LogP contribution in [0.3, 0.4) is 0 Å². The first-order valence-electron chi connectivity index (χ1n) is 13.8. The van der Waals surface area contributed by atoms with E-state index in [1.54, 1.807) is 0 Å². The predicted octanol–water partition coefficient (Wildman–Crippen LogP) is 5.29. The topological polar surface area (TPSA) is 79.7 Å². The monoisotopic (exact) mass is 496 g/mol. The van der Waals surface area contributed by atoms with Crippen LogP contribution in [0, 0.1) is 19.8 Å². The summed E-state index contributed by atoms with van der Waals surface area (Å²) in [5.74, 6) is 1.45. The lowest BCUT2D eigenvalue weighted by Gasteiger charge is -2.37. The molecule has 0 radical (unpaired) electrons. The van der Waals surface area contributed by atoms with Crippen LogP contribution in [0.1, 0.15) is 78.7 Å². The number of fused-ring (bicyclic) bond motifs is 1. The van der Waals surface area contributed by atoms with Gasteiger partial charge in [-0.1, -0.05) is 49.2 Å². The Morgan fingerprint density at radius 3 is 2.51 bits per heavy atom. The molecule has 7 nitrogen and oxygen atoms in total. The smallest absolute Gasteiger partial charge is 0.253 e. The molecule has 0 amide bonds. The summed E-state index contributed by atoms with van der Waals surface area (Å²) in [4.78, 5) is 19.2. The first-order chi connectivity index (χ1) is 18.1. The SMILES string of the molecule is Cc1cc(C)c2cc(C(c3nnnn3C3CCCC3)N3CCC(Cc4ccccc4)CC3)c(=O)[nH]c2c1. The third-order valence-electron chi connectivity index (χ3n) is 8.45. The number of piperidine rings is 1. The average Bonchev–Trinajstić information content (AvgIpc) is 3.59. The Morgan fingerprint density at radius 2 is 1.76 bits per heavy atom. The van der Waals surface area contributed by atoms with Gasteiger partial charge in [-0.25, -0.2) is 4.68 Å². The van der Waals surface area contributed by atoms with E-state index >= 15 is 0 Å². The maximum Gasteiger partial charge on any atom is 0.253 e. The zero-order valence-electron chi connectivity index (χ0n) is 21.9. The number of rotatable bonds is 6. The molecule has 0 bridgehead atoms. The van der Waals surface area contributed by atoms with E-state index in [1.165, 1.54) is 24.0 Å². The van der Waals surface area contributed by atoms with Crippen LogP contribution in [0.2, 0.25) is 0 Å². The second-order valence-electron chi connectivity index (χ2n) is 11.1. The summed E-state index contributed by atoms with van der Waals surface area (Å²) < 4.78 is 2.03. The van der Waals surface area contributed by atoms with Crippen molar-refractivity contribution >= 4 is 10.9 Å². The van der Waals surface area contributed by atoms with Crippen LogP contribution in [-0.4, -0.2) is 43.2 Å². The van der Waals surface area contributed by atoms with E-state index in [0.29, 0.717) is 12.0 Å². The summed E-state index contributed by atoms with van der Waals surface area (Å²) in [6.45, 7) is 6.02. The van der Waals surface area contributed by atoms with E-state index in [1.807, 2.05) is 4.68 Å². The van der Waals surface area contributed by atoms with Crippen LogP contribution in [0.25, 0.3) is 10.9 Å². The minimum atomic E-state index is -0.262. The van der Waals surface area contributed by atoms with Crippen LogP contribution in [-0.2, 0) is 6.42 Å². The molecule has 1 aliphatic carbocycles. The summed E-state index contributed by atoms with van der Waals surface area (Å²) in [5, 5.41) is 14.2. The first-order valence-corrected chi connectivity index (χ1v) is 13.8. The van der Waals surface area contributed by atoms with Gasteiger partial charge in [0.05, 0.1) is 6.04 Å². The predicted molar refractivity (Wildman–Crippen MR) is 146 cm³/mol. The van der Waals surface area contributed by atoms with Crippen LogP contribution in [0.4, 0.5) is 0 Å². The minimum absolute atomic E-state index is 0.0464. The van der Waals surface area contributed by atoms with E-state index < -0.39 is 0 Å². The zero-order chi connectivity index (χ0) is 25.4. The number of aromatic amines is 1. The van der Waals surface area contributed by atoms with Crippen LogP contribution in [0.15, 0.2) is 53.3 Å². The number of likely N-dealkylation sites (tertiary alicyclic amines) is 1. The van der Waals surface area contributed by atoms with Crippen molar-refractivity contribution < 1.29 is 0 Å². The van der Waals surface area contributed by atoms with Crippen molar-refractivity contribution in [3.63, 3.8) is 0 Å². The number of hydrogen-bond donors (Lipinski definition) is 1. The molecule has 1 atom stereocenters. The summed E-state index contributed by atoms with van der Waals surface area (Å²) in [6.07, 6.45) is 7.89. The van der Waals surface area contributed by atoms with Crippen molar-refractivity contribution in [2.45, 2.75) is 70.9 Å². The molecule has 3 heterocycles. The van der Waals surface area contributed by atoms with Gasteiger partial charge in [-0.05, 0) is 104 Å². The van der Waals surface area contributed by atoms with Crippen LogP contribution in [0.5, 0.6) is 0 Å². The normalized spacial score (nSPS) is 18.5. The molecule has 1 saturated heterocycles. The molecule has 7 heteroatoms. The van der Waals surface area contributed by atoms with E-state index in [2.05, 4.69) is 87.8 Å². The van der Waals surface area contributed by atoms with Gasteiger partial charge in [-0.3, -0.25) is 9.69 Å². The molecule has 1 unspecified atom stereocenters. The zero-order valence-corrected chi connectivity index (χ0v) is 21.9. The summed E-state index contributed by atoms with van der Waals surface area (Å²) in [7, 11) is 0. The van der Waals surface area contributed by atoms with E-state index in [-0.39, 0.29) is 11.6 Å². The van der Waals surface area contributed by atoms with Gasteiger partial charge < -0.3 is 4.98 Å². The molecule has 1 saturated carbocycles. The Balaban J connectivity index is 1.37. The summed E-state index contributed by atoms with van der Waals surface area (Å²) >= 11 is 0. The highest BCUT2D eigenvalue weighted by Crippen LogP contribution is 2.36. The largest absolute Gasteiger partial charge is 0.322 e. The third-order valence-corrected chi connectivity index (χ3v) is 8.45. The Bertz CT molecular complexity index is 1430. The Kier molecular flexibility index (Phi) is 6.63. The number of aryl methyl sites for hydroxylation is 2. The molecule has 6 rings (SSSR count). The number of benzene rings is 2. The number of H-pyrrole nitrogens is 1. The lowest BCUT2D eigenvalue weighted by atomic mass is 9.88. The molecule has 2 aromatic carbocycles. The third kappa shape index (κ3) is 4.85. The maximum atomic E-state index is 13.6. The van der Waals surface area contributed by atoms with E-state index in [9.17, 15) is 4.79 Å². The van der Waals surface area contributed by atoms with Crippen LogP contribution >= 0.6 is 0 Å². The van der Waals surface area contributed by atoms with Crippen LogP contribution < -0.4 is 5.56 Å². The standard InChI is InChI=1S/C30H36N6O/c1-20-16-21(2)25-19-26(30(37)31-27(25)17-20)28(29-32-33-34-36(29)24-10-6-7-11-24)35-14-12-23(13-15-35)18-22-8-4-3-5-9-22/h3-5,8-9,16-17,19,23-24,28H,6-7,10-15,18H2,1-2H3,(H,31,37). The Hall–Kier alpha value is -3.32. The minimum Gasteiger partial charge on any atom is -0.322 e. The second-order valence-corrected chi connectivity index (χ2v) is 11.1. The van der Waals surface area contributed by atoms with Crippen molar-refractivity contribution in [1.82, 2.24) is 30.1 Å². The fourth-order valence-electron chi connectivity index (χ4n) is 6.54. The number of hydrogen-bond acceptors (Lipinski definition) is 5. The number of nitrogens with zero attached hydrogens (tertiary/aromatic N) is 5. The molecule has 0 spiro atoms. The molecular formula is C30H36N6O. The highest BCUT2D eigenvalue weighted by atomic mass is 16.1. The maximum absolute atomic E-state index is 13.6. The van der Waals surface area contributed by atoms with Crippen molar-refractivity contribution in [2.24, 2.45) is 5.92 Å². The molecule has 4 aromatic rings. The molecule has 1 aliphatic heterocycles. The van der Waals surface area contributed by atoms with Crippen molar-refractivity contribution in [3.8, 4) is 0 Å². The van der Waals surface area contributed by atoms with Crippen molar-refractivity contribution in [2.75, 3.05) is 13.1 Å². The highest BCUT2D eigenvalue weighted by molar-refractivity contribution is 5.83. The number of nitrogens with one attached hydrogen (secondary N) is 1. The molecular weight excluding hydrogens is 460 g/mol. The lowest BCUT2D eigenvalue weighted by molar-refractivity contribution is 0.141. The second kappa shape index (κ2) is 10.2. The molecule has 2 aliphatic rings. The van der Waals surface area contributed by atoms with Gasteiger partial charge in [-0.15, -0.1) is 5.10 Å². The molecule has 1 N–H and O–H groups in total. The number of aromatic nitrogens is 5. The quantitative estimate of drug-likeness (QED) is 0.392. The molecule has 2 aromatic heterocycles. The van der Waals surface area contributed by atoms with Crippen molar-refractivity contribution in [1.29, 1.82) is 0 Å². The van der Waals surface area contributed by atoms with Gasteiger partial charge in [0.15, 0.2) is 5.82 Å². The fourth-order valence-corrected chi connectivity index (χ4v) is 6.54. The van der Waals surface area contributed by atoms with Gasteiger partial charge in [0, 0.05) is 16.5 Å². The number of pyridine rings is 1. The summed E-state index contributed by atoms with van der Waals surface area (Å²) in [6, 6.07) is 17.2. The van der Waals surface area contributed by atoms with E-state index in [4.69, 9.17) is 0 Å². The molecule has 37 heavy (non-hydrogen) atoms. The van der Waals surface area contributed by atoms with Crippen molar-refractivity contribution in [3.05, 3.63) is 87.0 Å². The first kappa shape index (κ1) is 24.0. The molecule has 192 valence electrons. The van der Waals surface area contributed by atoms with Gasteiger partial charge in [0.25, 0.3) is 5.56 Å². The van der Waals surface area contributed by atoms with Gasteiger partial charge in [0.2, 0.25) is 0 Å². The van der Waals surface area contributed by atoms with E-state index in [0.717, 1.165) is 73.0 Å². The van der Waals surface area contributed by atoms with Gasteiger partial charge >= 0.3 is 0 Å². The van der Waals surface area contributed by atoms with Gasteiger partial charge in [-0.2, -0.15) is 0 Å². The van der Waals surface area contributed by atoms with Gasteiger partial charge in [0.1, 0.15) is 6.04 Å². The summed E-state index contributed by atoms with van der Waals surface area (Å²) in [5.41, 5.74) is 5.31.